The van der Waals surface area contributed by atoms with Crippen molar-refractivity contribution in [1.82, 2.24) is 4.98 Å². The smallest absolute Gasteiger partial charge is 0.321 e. The van der Waals surface area contributed by atoms with Crippen molar-refractivity contribution in [3.63, 3.8) is 0 Å². The molecule has 0 bridgehead atoms. The molecule has 0 atom stereocenters. The first-order valence-electron chi connectivity index (χ1n) is 5.24. The average Bonchev–Trinajstić information content (AvgIpc) is 2.67. The van der Waals surface area contributed by atoms with Gasteiger partial charge in [0.25, 0.3) is 0 Å². The molecule has 1 aromatic rings. The molecular weight excluding hydrogens is 237 g/mol. The van der Waals surface area contributed by atoms with Gasteiger partial charge in [-0.1, -0.05) is 19.3 Å². The van der Waals surface area contributed by atoms with E-state index in [4.69, 9.17) is 5.73 Å². The zero-order valence-electron chi connectivity index (χ0n) is 8.68. The third kappa shape index (κ3) is 2.22. The first-order chi connectivity index (χ1) is 7.42. The van der Waals surface area contributed by atoms with Crippen molar-refractivity contribution in [2.24, 2.45) is 5.73 Å². The summed E-state index contributed by atoms with van der Waals surface area (Å²) in [5.41, 5.74) is 5.56. The van der Waals surface area contributed by atoms with Crippen LogP contribution < -0.4 is 5.73 Å². The predicted molar refractivity (Wildman–Crippen MR) is 56.1 cm³/mol. The van der Waals surface area contributed by atoms with Gasteiger partial charge in [-0.2, -0.15) is 13.2 Å². The summed E-state index contributed by atoms with van der Waals surface area (Å²) < 4.78 is 37.2. The summed E-state index contributed by atoms with van der Waals surface area (Å²) in [6.07, 6.45) is 1.53. The molecule has 1 aliphatic carbocycles. The topological polar surface area (TPSA) is 38.9 Å². The van der Waals surface area contributed by atoms with E-state index < -0.39 is 16.7 Å². The number of nitrogens with zero attached hydrogens (tertiary/aromatic N) is 1. The molecule has 16 heavy (non-hydrogen) atoms. The summed E-state index contributed by atoms with van der Waals surface area (Å²) in [5.74, 6) is 0. The molecule has 1 aromatic heterocycles. The largest absolute Gasteiger partial charge is 0.443 e. The van der Waals surface area contributed by atoms with Gasteiger partial charge in [0.1, 0.15) is 0 Å². The van der Waals surface area contributed by atoms with Gasteiger partial charge in [-0.25, -0.2) is 4.98 Å². The maximum absolute atomic E-state index is 12.4. The molecule has 2 nitrogen and oxygen atoms in total. The minimum Gasteiger partial charge on any atom is -0.321 e. The Kier molecular flexibility index (Phi) is 2.96. The normalized spacial score (nSPS) is 21.0. The number of nitrogens with two attached hydrogens (primary N) is 1. The van der Waals surface area contributed by atoms with Crippen molar-refractivity contribution >= 4 is 11.3 Å². The highest BCUT2D eigenvalue weighted by molar-refractivity contribution is 7.11. The van der Waals surface area contributed by atoms with Gasteiger partial charge in [0.05, 0.1) is 5.54 Å². The lowest BCUT2D eigenvalue weighted by Gasteiger charge is -2.31. The Labute approximate surface area is 95.7 Å². The molecule has 0 aromatic carbocycles. The van der Waals surface area contributed by atoms with E-state index in [1.54, 1.807) is 0 Å². The van der Waals surface area contributed by atoms with Crippen molar-refractivity contribution in [2.75, 3.05) is 0 Å². The quantitative estimate of drug-likeness (QED) is 0.830. The number of alkyl halides is 3. The highest BCUT2D eigenvalue weighted by Gasteiger charge is 2.38. The second-order valence-corrected chi connectivity index (χ2v) is 5.27. The Bertz CT molecular complexity index is 366. The molecular formula is C10H13F3N2S. The number of thiazole rings is 1. The highest BCUT2D eigenvalue weighted by Crippen LogP contribution is 2.40. The van der Waals surface area contributed by atoms with Crippen molar-refractivity contribution < 1.29 is 13.2 Å². The fourth-order valence-corrected chi connectivity index (χ4v) is 3.01. The van der Waals surface area contributed by atoms with E-state index in [0.29, 0.717) is 16.2 Å². The van der Waals surface area contributed by atoms with E-state index in [1.165, 1.54) is 6.20 Å². The van der Waals surface area contributed by atoms with Crippen LogP contribution in [0.2, 0.25) is 0 Å². The summed E-state index contributed by atoms with van der Waals surface area (Å²) in [4.78, 5) is 3.99. The molecule has 6 heteroatoms. The number of halogens is 3. The third-order valence-electron chi connectivity index (χ3n) is 2.98. The summed E-state index contributed by atoms with van der Waals surface area (Å²) in [6.45, 7) is 0. The average molecular weight is 250 g/mol. The molecule has 2 rings (SSSR count). The van der Waals surface area contributed by atoms with Crippen molar-refractivity contribution in [1.29, 1.82) is 0 Å². The van der Waals surface area contributed by atoms with Crippen molar-refractivity contribution in [2.45, 2.75) is 43.8 Å². The van der Waals surface area contributed by atoms with Gasteiger partial charge in [0.2, 0.25) is 0 Å². The van der Waals surface area contributed by atoms with Crippen LogP contribution in [0.5, 0.6) is 0 Å². The van der Waals surface area contributed by atoms with E-state index in [9.17, 15) is 13.2 Å². The Morgan fingerprint density at radius 1 is 1.25 bits per heavy atom. The Morgan fingerprint density at radius 3 is 2.38 bits per heavy atom. The molecule has 1 aliphatic rings. The molecule has 0 amide bonds. The summed E-state index contributed by atoms with van der Waals surface area (Å²) >= 11 is 0.684. The van der Waals surface area contributed by atoms with Crippen LogP contribution in [-0.2, 0) is 11.7 Å². The van der Waals surface area contributed by atoms with Crippen molar-refractivity contribution in [3.8, 4) is 0 Å². The third-order valence-corrected chi connectivity index (χ3v) is 4.25. The fourth-order valence-electron chi connectivity index (χ4n) is 2.06. The molecule has 0 unspecified atom stereocenters. The Morgan fingerprint density at radius 2 is 1.88 bits per heavy atom. The lowest BCUT2D eigenvalue weighted by molar-refractivity contribution is -0.137. The second kappa shape index (κ2) is 4.00. The van der Waals surface area contributed by atoms with Crippen LogP contribution in [0.3, 0.4) is 0 Å². The first kappa shape index (κ1) is 11.9. The van der Waals surface area contributed by atoms with E-state index in [0.717, 1.165) is 32.1 Å². The molecule has 0 radical (unpaired) electrons. The monoisotopic (exact) mass is 250 g/mol. The van der Waals surface area contributed by atoms with Crippen LogP contribution in [0.15, 0.2) is 6.20 Å². The van der Waals surface area contributed by atoms with E-state index in [1.807, 2.05) is 0 Å². The minimum atomic E-state index is -4.35. The van der Waals surface area contributed by atoms with Gasteiger partial charge >= 0.3 is 6.18 Å². The Balaban J connectivity index is 2.24. The van der Waals surface area contributed by atoms with Crippen LogP contribution in [0, 0.1) is 0 Å². The van der Waals surface area contributed by atoms with E-state index in [2.05, 4.69) is 4.98 Å². The van der Waals surface area contributed by atoms with Gasteiger partial charge < -0.3 is 5.73 Å². The number of hydrogen-bond acceptors (Lipinski definition) is 3. The SMILES string of the molecule is NC1(c2cnc(C(F)(F)F)s2)CCCCC1. The molecule has 0 aliphatic heterocycles. The Hall–Kier alpha value is -0.620. The molecule has 1 saturated carbocycles. The maximum atomic E-state index is 12.4. The van der Waals surface area contributed by atoms with Crippen LogP contribution in [-0.4, -0.2) is 4.98 Å². The van der Waals surface area contributed by atoms with Gasteiger partial charge in [0, 0.05) is 11.1 Å². The minimum absolute atomic E-state index is 0.569. The molecule has 0 saturated heterocycles. The van der Waals surface area contributed by atoms with Gasteiger partial charge in [-0.3, -0.25) is 0 Å². The van der Waals surface area contributed by atoms with Gasteiger partial charge in [0.15, 0.2) is 5.01 Å². The number of rotatable bonds is 1. The van der Waals surface area contributed by atoms with Crippen LogP contribution in [0.4, 0.5) is 13.2 Å². The maximum Gasteiger partial charge on any atom is 0.443 e. The summed E-state index contributed by atoms with van der Waals surface area (Å²) in [6, 6.07) is 0. The predicted octanol–water partition coefficient (Wildman–Crippen LogP) is 3.28. The van der Waals surface area contributed by atoms with E-state index in [-0.39, 0.29) is 0 Å². The molecule has 90 valence electrons. The summed E-state index contributed by atoms with van der Waals surface area (Å²) in [7, 11) is 0. The number of hydrogen-bond donors (Lipinski definition) is 1. The van der Waals surface area contributed by atoms with Crippen LogP contribution in [0.25, 0.3) is 0 Å². The fraction of sp³-hybridized carbons (Fsp3) is 0.700. The van der Waals surface area contributed by atoms with Crippen LogP contribution >= 0.6 is 11.3 Å². The van der Waals surface area contributed by atoms with E-state index >= 15 is 0 Å². The molecule has 2 N–H and O–H groups in total. The van der Waals surface area contributed by atoms with Crippen molar-refractivity contribution in [3.05, 3.63) is 16.1 Å². The molecule has 0 spiro atoms. The number of aromatic nitrogens is 1. The molecule has 1 fully saturated rings. The van der Waals surface area contributed by atoms with Gasteiger partial charge in [-0.15, -0.1) is 11.3 Å². The lowest BCUT2D eigenvalue weighted by Crippen LogP contribution is -2.37. The zero-order chi connectivity index (χ0) is 11.8. The lowest BCUT2D eigenvalue weighted by atomic mass is 9.82. The first-order valence-corrected chi connectivity index (χ1v) is 6.06. The standard InChI is InChI=1S/C10H13F3N2S/c11-10(12,13)8-15-6-7(16-8)9(14)4-2-1-3-5-9/h6H,1-5,14H2. The molecule has 1 heterocycles. The van der Waals surface area contributed by atoms with Crippen LogP contribution in [0.1, 0.15) is 42.0 Å². The second-order valence-electron chi connectivity index (χ2n) is 4.24. The van der Waals surface area contributed by atoms with Gasteiger partial charge in [-0.05, 0) is 12.8 Å². The summed E-state index contributed by atoms with van der Waals surface area (Å²) in [5, 5.41) is -0.794. The zero-order valence-corrected chi connectivity index (χ0v) is 9.50. The highest BCUT2D eigenvalue weighted by atomic mass is 32.1.